The minimum atomic E-state index is -1.12. The molecule has 0 bridgehead atoms. The summed E-state index contributed by atoms with van der Waals surface area (Å²) >= 11 is 0. The predicted molar refractivity (Wildman–Crippen MR) is 40.3 cm³/mol. The summed E-state index contributed by atoms with van der Waals surface area (Å²) in [6, 6.07) is 9.27. The van der Waals surface area contributed by atoms with Gasteiger partial charge in [-0.2, -0.15) is 0 Å². The fourth-order valence-corrected chi connectivity index (χ4v) is 0.742. The molecule has 11 heavy (non-hydrogen) atoms. The molecule has 0 fully saturated rings. The van der Waals surface area contributed by atoms with E-state index in [1.807, 2.05) is 30.3 Å². The van der Waals surface area contributed by atoms with Crippen LogP contribution >= 0.6 is 0 Å². The molecule has 0 heterocycles. The Kier molecular flexibility index (Phi) is 2.49. The molecule has 3 heteroatoms. The normalized spacial score (nSPS) is 9.09. The lowest BCUT2D eigenvalue weighted by Gasteiger charge is -1.96. The number of hydrogen-bond acceptors (Lipinski definition) is 1. The Hall–Kier alpha value is -1.51. The Morgan fingerprint density at radius 2 is 2.00 bits per heavy atom. The van der Waals surface area contributed by atoms with Crippen LogP contribution in [0.15, 0.2) is 30.3 Å². The maximum Gasteiger partial charge on any atom is 0.426 e. The molecule has 1 amide bonds. The molecule has 0 atom stereocenters. The van der Waals surface area contributed by atoms with Gasteiger partial charge in [-0.1, -0.05) is 30.3 Å². The Morgan fingerprint density at radius 1 is 1.36 bits per heavy atom. The zero-order valence-electron chi connectivity index (χ0n) is 5.90. The molecule has 0 saturated heterocycles. The van der Waals surface area contributed by atoms with Crippen LogP contribution in [-0.2, 0) is 6.54 Å². The van der Waals surface area contributed by atoms with Gasteiger partial charge in [0, 0.05) is 0 Å². The van der Waals surface area contributed by atoms with Gasteiger partial charge >= 0.3 is 6.09 Å². The largest absolute Gasteiger partial charge is 0.464 e. The molecule has 0 aliphatic heterocycles. The van der Waals surface area contributed by atoms with Crippen LogP contribution in [-0.4, -0.2) is 11.2 Å². The molecule has 3 nitrogen and oxygen atoms in total. The van der Waals surface area contributed by atoms with Gasteiger partial charge in [0.25, 0.3) is 0 Å². The molecule has 0 aliphatic rings. The van der Waals surface area contributed by atoms with Crippen LogP contribution in [0.3, 0.4) is 0 Å². The minimum Gasteiger partial charge on any atom is -0.464 e. The van der Waals surface area contributed by atoms with Crippen LogP contribution in [0.25, 0.3) is 0 Å². The Balaban J connectivity index is 2.45. The quantitative estimate of drug-likeness (QED) is 0.694. The lowest BCUT2D eigenvalue weighted by atomic mass is 10.2. The molecule has 1 aromatic carbocycles. The van der Waals surface area contributed by atoms with Gasteiger partial charge in [-0.25, -0.2) is 10.1 Å². The van der Waals surface area contributed by atoms with Crippen molar-refractivity contribution in [3.8, 4) is 0 Å². The number of nitrogens with zero attached hydrogens (tertiary/aromatic N) is 1. The van der Waals surface area contributed by atoms with E-state index in [1.54, 1.807) is 0 Å². The third-order valence-electron chi connectivity index (χ3n) is 1.24. The Labute approximate surface area is 64.7 Å². The van der Waals surface area contributed by atoms with Gasteiger partial charge in [-0.05, 0) is 5.56 Å². The first-order chi connectivity index (χ1) is 5.29. The van der Waals surface area contributed by atoms with Crippen molar-refractivity contribution in [2.75, 3.05) is 0 Å². The monoisotopic (exact) mass is 150 g/mol. The summed E-state index contributed by atoms with van der Waals surface area (Å²) in [6.07, 6.45) is -1.12. The van der Waals surface area contributed by atoms with E-state index in [-0.39, 0.29) is 6.54 Å². The van der Waals surface area contributed by atoms with Crippen LogP contribution < -0.4 is 5.32 Å². The van der Waals surface area contributed by atoms with Crippen LogP contribution in [0.4, 0.5) is 4.79 Å². The lowest BCUT2D eigenvalue weighted by molar-refractivity contribution is 0.193. The first-order valence-electron chi connectivity index (χ1n) is 3.23. The summed E-state index contributed by atoms with van der Waals surface area (Å²) in [4.78, 5) is 10.0. The zero-order chi connectivity index (χ0) is 8.10. The first-order valence-corrected chi connectivity index (χ1v) is 3.23. The zero-order valence-corrected chi connectivity index (χ0v) is 5.90. The van der Waals surface area contributed by atoms with E-state index in [0.717, 1.165) is 5.56 Å². The van der Waals surface area contributed by atoms with Crippen LogP contribution in [0.1, 0.15) is 5.56 Å². The molecule has 0 saturated carbocycles. The number of hydrogen-bond donors (Lipinski definition) is 1. The SMILES string of the molecule is O=C(O)[N]Cc1ccccc1. The van der Waals surface area contributed by atoms with Gasteiger partial charge in [0.05, 0.1) is 6.54 Å². The van der Waals surface area contributed by atoms with Crippen LogP contribution in [0.2, 0.25) is 0 Å². The van der Waals surface area contributed by atoms with Crippen molar-refractivity contribution in [2.24, 2.45) is 0 Å². The highest BCUT2D eigenvalue weighted by Crippen LogP contribution is 1.97. The molecule has 0 aromatic heterocycles. The highest BCUT2D eigenvalue weighted by molar-refractivity contribution is 5.64. The topological polar surface area (TPSA) is 51.4 Å². The predicted octanol–water partition coefficient (Wildman–Crippen LogP) is 1.47. The maximum absolute atomic E-state index is 10.0. The first kappa shape index (κ1) is 7.60. The summed E-state index contributed by atoms with van der Waals surface area (Å²) < 4.78 is 0. The van der Waals surface area contributed by atoms with Gasteiger partial charge in [-0.3, -0.25) is 0 Å². The van der Waals surface area contributed by atoms with Gasteiger partial charge in [0.15, 0.2) is 0 Å². The second-order valence-corrected chi connectivity index (χ2v) is 2.08. The van der Waals surface area contributed by atoms with Crippen molar-refractivity contribution in [3.63, 3.8) is 0 Å². The third-order valence-corrected chi connectivity index (χ3v) is 1.24. The molecule has 0 spiro atoms. The van der Waals surface area contributed by atoms with Gasteiger partial charge in [0.2, 0.25) is 0 Å². The van der Waals surface area contributed by atoms with E-state index in [4.69, 9.17) is 5.11 Å². The average molecular weight is 150 g/mol. The van der Waals surface area contributed by atoms with Crippen molar-refractivity contribution < 1.29 is 9.90 Å². The lowest BCUT2D eigenvalue weighted by Crippen LogP contribution is -2.11. The summed E-state index contributed by atoms with van der Waals surface area (Å²) in [5.74, 6) is 0. The van der Waals surface area contributed by atoms with Gasteiger partial charge in [0.1, 0.15) is 0 Å². The fourth-order valence-electron chi connectivity index (χ4n) is 0.742. The average Bonchev–Trinajstić information content (AvgIpc) is 2.03. The molecular formula is C8H8NO2. The smallest absolute Gasteiger partial charge is 0.426 e. The molecule has 0 unspecified atom stereocenters. The van der Waals surface area contributed by atoms with E-state index < -0.39 is 6.09 Å². The summed E-state index contributed by atoms with van der Waals surface area (Å²) in [5.41, 5.74) is 0.912. The van der Waals surface area contributed by atoms with Gasteiger partial charge < -0.3 is 5.11 Å². The van der Waals surface area contributed by atoms with Crippen molar-refractivity contribution in [1.29, 1.82) is 0 Å². The second-order valence-electron chi connectivity index (χ2n) is 2.08. The number of carbonyl (C=O) groups is 1. The third kappa shape index (κ3) is 2.71. The molecule has 0 aliphatic carbocycles. The summed E-state index contributed by atoms with van der Waals surface area (Å²) in [6.45, 7) is 0.246. The standard InChI is InChI=1S/C8H8NO2/c10-8(11)9-6-7-4-2-1-3-5-7/h1-5H,6H2,(H,10,11). The maximum atomic E-state index is 10.0. The number of rotatable bonds is 2. The van der Waals surface area contributed by atoms with E-state index in [0.29, 0.717) is 0 Å². The molecule has 1 N–H and O–H groups in total. The second kappa shape index (κ2) is 3.61. The summed E-state index contributed by atoms with van der Waals surface area (Å²) in [7, 11) is 0. The molecule has 1 aromatic rings. The Morgan fingerprint density at radius 3 is 2.55 bits per heavy atom. The minimum absolute atomic E-state index is 0.246. The van der Waals surface area contributed by atoms with Crippen molar-refractivity contribution >= 4 is 6.09 Å². The van der Waals surface area contributed by atoms with Crippen molar-refractivity contribution in [2.45, 2.75) is 6.54 Å². The van der Waals surface area contributed by atoms with Gasteiger partial charge in [-0.15, -0.1) is 0 Å². The molecule has 1 radical (unpaired) electrons. The summed E-state index contributed by atoms with van der Waals surface area (Å²) in [5, 5.41) is 11.5. The van der Waals surface area contributed by atoms with Crippen LogP contribution in [0.5, 0.6) is 0 Å². The molecule has 1 rings (SSSR count). The van der Waals surface area contributed by atoms with E-state index in [9.17, 15) is 4.79 Å². The van der Waals surface area contributed by atoms with Crippen molar-refractivity contribution in [3.05, 3.63) is 35.9 Å². The number of amides is 1. The van der Waals surface area contributed by atoms with E-state index in [2.05, 4.69) is 5.32 Å². The highest BCUT2D eigenvalue weighted by atomic mass is 16.4. The number of benzene rings is 1. The fraction of sp³-hybridized carbons (Fsp3) is 0.125. The number of carboxylic acid groups (broad SMARTS) is 1. The molecular weight excluding hydrogens is 142 g/mol. The van der Waals surface area contributed by atoms with Crippen molar-refractivity contribution in [1.82, 2.24) is 5.32 Å². The molecule has 57 valence electrons. The highest BCUT2D eigenvalue weighted by Gasteiger charge is 1.96. The Bertz CT molecular complexity index is 233. The van der Waals surface area contributed by atoms with E-state index >= 15 is 0 Å². The van der Waals surface area contributed by atoms with E-state index in [1.165, 1.54) is 0 Å². The van der Waals surface area contributed by atoms with Crippen LogP contribution in [0, 0.1) is 0 Å².